The lowest BCUT2D eigenvalue weighted by atomic mass is 10.2. The number of benzene rings is 1. The topological polar surface area (TPSA) is 39.1 Å². The van der Waals surface area contributed by atoms with E-state index in [1.165, 1.54) is 11.3 Å². The minimum Gasteiger partial charge on any atom is -0.497 e. The van der Waals surface area contributed by atoms with Gasteiger partial charge in [-0.05, 0) is 30.2 Å². The number of nitrogens with one attached hydrogen (secondary N) is 1. The van der Waals surface area contributed by atoms with Crippen molar-refractivity contribution in [2.45, 2.75) is 33.0 Å². The second-order valence-electron chi connectivity index (χ2n) is 4.50. The summed E-state index contributed by atoms with van der Waals surface area (Å²) in [4.78, 5) is 0. The van der Waals surface area contributed by atoms with Crippen molar-refractivity contribution in [3.8, 4) is 5.75 Å². The molecule has 4 nitrogen and oxygen atoms in total. The molecule has 0 aliphatic heterocycles. The van der Waals surface area contributed by atoms with Crippen LogP contribution in [0.5, 0.6) is 5.75 Å². The van der Waals surface area contributed by atoms with E-state index in [0.717, 1.165) is 31.8 Å². The first-order valence-electron chi connectivity index (χ1n) is 6.68. The SMILES string of the molecule is CCCn1nccc1CNCc1ccc(OC)cc1.Cl. The Kier molecular flexibility index (Phi) is 7.12. The monoisotopic (exact) mass is 295 g/mol. The van der Waals surface area contributed by atoms with E-state index in [-0.39, 0.29) is 12.4 Å². The van der Waals surface area contributed by atoms with Crippen LogP contribution in [0.2, 0.25) is 0 Å². The van der Waals surface area contributed by atoms with Gasteiger partial charge in [0.05, 0.1) is 12.8 Å². The van der Waals surface area contributed by atoms with Crippen LogP contribution in [-0.4, -0.2) is 16.9 Å². The highest BCUT2D eigenvalue weighted by Crippen LogP contribution is 2.11. The zero-order chi connectivity index (χ0) is 13.5. The molecular weight excluding hydrogens is 274 g/mol. The third-order valence-electron chi connectivity index (χ3n) is 3.03. The van der Waals surface area contributed by atoms with Crippen molar-refractivity contribution in [2.24, 2.45) is 0 Å². The molecule has 0 amide bonds. The van der Waals surface area contributed by atoms with Crippen LogP contribution in [0.15, 0.2) is 36.5 Å². The molecule has 0 spiro atoms. The number of halogens is 1. The maximum Gasteiger partial charge on any atom is 0.118 e. The van der Waals surface area contributed by atoms with Crippen LogP contribution in [0.25, 0.3) is 0 Å². The van der Waals surface area contributed by atoms with E-state index < -0.39 is 0 Å². The van der Waals surface area contributed by atoms with Crippen LogP contribution in [0.4, 0.5) is 0 Å². The molecule has 0 aliphatic carbocycles. The summed E-state index contributed by atoms with van der Waals surface area (Å²) >= 11 is 0. The highest BCUT2D eigenvalue weighted by atomic mass is 35.5. The van der Waals surface area contributed by atoms with Crippen LogP contribution in [0.1, 0.15) is 24.6 Å². The van der Waals surface area contributed by atoms with Crippen molar-refractivity contribution >= 4 is 12.4 Å². The Morgan fingerprint density at radius 1 is 1.15 bits per heavy atom. The molecule has 2 rings (SSSR count). The van der Waals surface area contributed by atoms with Crippen LogP contribution in [0.3, 0.4) is 0 Å². The second kappa shape index (κ2) is 8.61. The Morgan fingerprint density at radius 2 is 1.90 bits per heavy atom. The first-order valence-corrected chi connectivity index (χ1v) is 6.68. The van der Waals surface area contributed by atoms with E-state index in [2.05, 4.69) is 40.2 Å². The largest absolute Gasteiger partial charge is 0.497 e. The van der Waals surface area contributed by atoms with Crippen molar-refractivity contribution < 1.29 is 4.74 Å². The van der Waals surface area contributed by atoms with E-state index in [0.29, 0.717) is 0 Å². The summed E-state index contributed by atoms with van der Waals surface area (Å²) in [6.45, 7) is 4.83. The van der Waals surface area contributed by atoms with Gasteiger partial charge in [0.15, 0.2) is 0 Å². The molecule has 0 radical (unpaired) electrons. The first-order chi connectivity index (χ1) is 9.33. The van der Waals surface area contributed by atoms with Gasteiger partial charge in [0.25, 0.3) is 0 Å². The number of hydrogen-bond donors (Lipinski definition) is 1. The lowest BCUT2D eigenvalue weighted by molar-refractivity contribution is 0.414. The second-order valence-corrected chi connectivity index (χ2v) is 4.50. The summed E-state index contributed by atoms with van der Waals surface area (Å²) in [7, 11) is 1.68. The van der Waals surface area contributed by atoms with Crippen molar-refractivity contribution in [2.75, 3.05) is 7.11 Å². The summed E-state index contributed by atoms with van der Waals surface area (Å²) in [5.41, 5.74) is 2.48. The van der Waals surface area contributed by atoms with Gasteiger partial charge in [0.2, 0.25) is 0 Å². The number of aromatic nitrogens is 2. The number of hydrogen-bond acceptors (Lipinski definition) is 3. The third kappa shape index (κ3) is 4.54. The molecule has 1 heterocycles. The van der Waals surface area contributed by atoms with Crippen LogP contribution >= 0.6 is 12.4 Å². The minimum atomic E-state index is 0. The van der Waals surface area contributed by atoms with Crippen molar-refractivity contribution in [1.82, 2.24) is 15.1 Å². The standard InChI is InChI=1S/C15H21N3O.ClH/c1-3-10-18-14(8-9-17-18)12-16-11-13-4-6-15(19-2)7-5-13;/h4-9,16H,3,10-12H2,1-2H3;1H. The maximum absolute atomic E-state index is 5.14. The Balaban J connectivity index is 0.00000200. The van der Waals surface area contributed by atoms with Gasteiger partial charge in [0.1, 0.15) is 5.75 Å². The Bertz CT molecular complexity index is 496. The molecule has 0 bridgehead atoms. The van der Waals surface area contributed by atoms with E-state index in [1.54, 1.807) is 7.11 Å². The molecule has 5 heteroatoms. The number of aryl methyl sites for hydroxylation is 1. The molecule has 110 valence electrons. The van der Waals surface area contributed by atoms with Gasteiger partial charge < -0.3 is 10.1 Å². The zero-order valence-corrected chi connectivity index (χ0v) is 12.8. The lowest BCUT2D eigenvalue weighted by Crippen LogP contribution is -2.16. The fourth-order valence-electron chi connectivity index (χ4n) is 2.00. The normalized spacial score (nSPS) is 10.1. The van der Waals surface area contributed by atoms with Crippen molar-refractivity contribution in [1.29, 1.82) is 0 Å². The predicted octanol–water partition coefficient (Wildman–Crippen LogP) is 3.01. The number of methoxy groups -OCH3 is 1. The van der Waals surface area contributed by atoms with Gasteiger partial charge >= 0.3 is 0 Å². The molecule has 0 fully saturated rings. The smallest absolute Gasteiger partial charge is 0.118 e. The summed E-state index contributed by atoms with van der Waals surface area (Å²) in [6, 6.07) is 10.2. The first kappa shape index (κ1) is 16.5. The number of rotatable bonds is 7. The van der Waals surface area contributed by atoms with Gasteiger partial charge in [-0.3, -0.25) is 4.68 Å². The molecule has 2 aromatic rings. The summed E-state index contributed by atoms with van der Waals surface area (Å²) in [6.07, 6.45) is 2.97. The van der Waals surface area contributed by atoms with E-state index in [9.17, 15) is 0 Å². The molecular formula is C15H22ClN3O. The molecule has 0 unspecified atom stereocenters. The quantitative estimate of drug-likeness (QED) is 0.853. The highest BCUT2D eigenvalue weighted by Gasteiger charge is 2.01. The lowest BCUT2D eigenvalue weighted by Gasteiger charge is -2.08. The van der Waals surface area contributed by atoms with Gasteiger partial charge in [-0.2, -0.15) is 5.10 Å². The van der Waals surface area contributed by atoms with Gasteiger partial charge in [-0.15, -0.1) is 12.4 Å². The predicted molar refractivity (Wildman–Crippen MR) is 83.3 cm³/mol. The number of ether oxygens (including phenoxy) is 1. The Hall–Kier alpha value is -1.52. The molecule has 0 atom stereocenters. The molecule has 0 aliphatic rings. The molecule has 1 aromatic heterocycles. The van der Waals surface area contributed by atoms with E-state index in [1.807, 2.05) is 18.3 Å². The van der Waals surface area contributed by atoms with E-state index in [4.69, 9.17) is 4.74 Å². The van der Waals surface area contributed by atoms with Crippen molar-refractivity contribution in [3.05, 3.63) is 47.8 Å². The average molecular weight is 296 g/mol. The molecule has 0 saturated heterocycles. The number of nitrogens with zero attached hydrogens (tertiary/aromatic N) is 2. The molecule has 1 aromatic carbocycles. The average Bonchev–Trinajstić information content (AvgIpc) is 2.88. The zero-order valence-electron chi connectivity index (χ0n) is 12.0. The van der Waals surface area contributed by atoms with E-state index >= 15 is 0 Å². The minimum absolute atomic E-state index is 0. The maximum atomic E-state index is 5.14. The van der Waals surface area contributed by atoms with Gasteiger partial charge in [-0.1, -0.05) is 19.1 Å². The highest BCUT2D eigenvalue weighted by molar-refractivity contribution is 5.85. The summed E-state index contributed by atoms with van der Waals surface area (Å²) in [5, 5.41) is 7.75. The van der Waals surface area contributed by atoms with Crippen LogP contribution < -0.4 is 10.1 Å². The summed E-state index contributed by atoms with van der Waals surface area (Å²) < 4.78 is 7.20. The van der Waals surface area contributed by atoms with Gasteiger partial charge in [0, 0.05) is 25.8 Å². The molecule has 20 heavy (non-hydrogen) atoms. The van der Waals surface area contributed by atoms with Crippen LogP contribution in [0, 0.1) is 0 Å². The molecule has 1 N–H and O–H groups in total. The fraction of sp³-hybridized carbons (Fsp3) is 0.400. The summed E-state index contributed by atoms with van der Waals surface area (Å²) in [5.74, 6) is 0.893. The fourth-order valence-corrected chi connectivity index (χ4v) is 2.00. The Morgan fingerprint density at radius 3 is 2.55 bits per heavy atom. The molecule has 0 saturated carbocycles. The van der Waals surface area contributed by atoms with Crippen LogP contribution in [-0.2, 0) is 19.6 Å². The van der Waals surface area contributed by atoms with Crippen molar-refractivity contribution in [3.63, 3.8) is 0 Å². The van der Waals surface area contributed by atoms with Gasteiger partial charge in [-0.25, -0.2) is 0 Å². The Labute approximate surface area is 126 Å². The third-order valence-corrected chi connectivity index (χ3v) is 3.03.